The van der Waals surface area contributed by atoms with E-state index < -0.39 is 0 Å². The lowest BCUT2D eigenvalue weighted by molar-refractivity contribution is -0.114. The van der Waals surface area contributed by atoms with E-state index in [2.05, 4.69) is 22.8 Å². The first kappa shape index (κ1) is 17.7. The smallest absolute Gasteiger partial charge is 0.243 e. The normalized spacial score (nSPS) is 10.4. The van der Waals surface area contributed by atoms with Crippen LogP contribution in [0.1, 0.15) is 16.7 Å². The topological polar surface area (TPSA) is 41.1 Å². The van der Waals surface area contributed by atoms with Crippen LogP contribution < -0.4 is 10.6 Å². The highest BCUT2D eigenvalue weighted by atomic mass is 19.1. The van der Waals surface area contributed by atoms with Crippen LogP contribution in [0.4, 0.5) is 15.8 Å². The molecular formula is C22H21FN2O. The van der Waals surface area contributed by atoms with Crippen molar-refractivity contribution >= 4 is 17.3 Å². The molecule has 4 heteroatoms. The number of aryl methyl sites for hydroxylation is 1. The second kappa shape index (κ2) is 8.30. The zero-order valence-corrected chi connectivity index (χ0v) is 14.6. The van der Waals surface area contributed by atoms with Crippen LogP contribution in [-0.2, 0) is 11.2 Å². The quantitative estimate of drug-likeness (QED) is 0.673. The van der Waals surface area contributed by atoms with E-state index >= 15 is 0 Å². The Balaban J connectivity index is 1.64. The molecule has 0 saturated heterocycles. The van der Waals surface area contributed by atoms with E-state index in [1.54, 1.807) is 13.0 Å². The Morgan fingerprint density at radius 3 is 2.42 bits per heavy atom. The van der Waals surface area contributed by atoms with Crippen molar-refractivity contribution in [3.8, 4) is 0 Å². The standard InChI is InChI=1S/C22H21FN2O/c1-16-13-19(23)11-12-20(16)24-15-22(26)25-21-10-6-5-9-18(21)14-17-7-3-2-4-8-17/h2-13,24H,14-15H2,1H3,(H,25,26). The number of amides is 1. The van der Waals surface area contributed by atoms with Crippen molar-refractivity contribution in [2.45, 2.75) is 13.3 Å². The molecule has 1 amide bonds. The van der Waals surface area contributed by atoms with Crippen LogP contribution in [0.2, 0.25) is 0 Å². The third kappa shape index (κ3) is 4.70. The second-order valence-corrected chi connectivity index (χ2v) is 6.18. The molecule has 0 bridgehead atoms. The predicted octanol–water partition coefficient (Wildman–Crippen LogP) is 4.78. The summed E-state index contributed by atoms with van der Waals surface area (Å²) in [5, 5.41) is 6.01. The number of para-hydroxylation sites is 1. The third-order valence-electron chi connectivity index (χ3n) is 4.16. The largest absolute Gasteiger partial charge is 0.376 e. The molecular weight excluding hydrogens is 327 g/mol. The van der Waals surface area contributed by atoms with Gasteiger partial charge in [-0.15, -0.1) is 0 Å². The van der Waals surface area contributed by atoms with Crippen molar-refractivity contribution in [2.75, 3.05) is 17.2 Å². The van der Waals surface area contributed by atoms with Gasteiger partial charge in [-0.1, -0.05) is 48.5 Å². The maximum atomic E-state index is 13.2. The molecule has 0 heterocycles. The number of anilines is 2. The molecule has 0 radical (unpaired) electrons. The minimum atomic E-state index is -0.285. The summed E-state index contributed by atoms with van der Waals surface area (Å²) < 4.78 is 13.2. The second-order valence-electron chi connectivity index (χ2n) is 6.18. The van der Waals surface area contributed by atoms with E-state index in [-0.39, 0.29) is 18.3 Å². The Bertz CT molecular complexity index is 894. The van der Waals surface area contributed by atoms with Gasteiger partial charge in [-0.2, -0.15) is 0 Å². The predicted molar refractivity (Wildman–Crippen MR) is 104 cm³/mol. The number of benzene rings is 3. The maximum Gasteiger partial charge on any atom is 0.243 e. The SMILES string of the molecule is Cc1cc(F)ccc1NCC(=O)Nc1ccccc1Cc1ccccc1. The van der Waals surface area contributed by atoms with Gasteiger partial charge in [-0.25, -0.2) is 4.39 Å². The van der Waals surface area contributed by atoms with Crippen LogP contribution in [0.5, 0.6) is 0 Å². The van der Waals surface area contributed by atoms with Crippen LogP contribution in [0.25, 0.3) is 0 Å². The van der Waals surface area contributed by atoms with Gasteiger partial charge in [0.15, 0.2) is 0 Å². The van der Waals surface area contributed by atoms with Crippen LogP contribution in [-0.4, -0.2) is 12.5 Å². The molecule has 0 unspecified atom stereocenters. The van der Waals surface area contributed by atoms with Crippen molar-refractivity contribution in [1.29, 1.82) is 0 Å². The van der Waals surface area contributed by atoms with Gasteiger partial charge in [0.05, 0.1) is 6.54 Å². The number of rotatable bonds is 6. The van der Waals surface area contributed by atoms with Crippen LogP contribution in [0.15, 0.2) is 72.8 Å². The van der Waals surface area contributed by atoms with E-state index in [1.165, 1.54) is 17.7 Å². The lowest BCUT2D eigenvalue weighted by Gasteiger charge is -2.13. The molecule has 0 saturated carbocycles. The van der Waals surface area contributed by atoms with Crippen molar-refractivity contribution in [3.63, 3.8) is 0 Å². The average Bonchev–Trinajstić information content (AvgIpc) is 2.63. The van der Waals surface area contributed by atoms with Gasteiger partial charge >= 0.3 is 0 Å². The van der Waals surface area contributed by atoms with Gasteiger partial charge in [0.2, 0.25) is 5.91 Å². The van der Waals surface area contributed by atoms with Crippen LogP contribution in [0, 0.1) is 12.7 Å². The fraction of sp³-hybridized carbons (Fsp3) is 0.136. The highest BCUT2D eigenvalue weighted by Gasteiger charge is 2.08. The van der Waals surface area contributed by atoms with E-state index in [9.17, 15) is 9.18 Å². The van der Waals surface area contributed by atoms with Crippen LogP contribution >= 0.6 is 0 Å². The first-order chi connectivity index (χ1) is 12.6. The van der Waals surface area contributed by atoms with Crippen molar-refractivity contribution in [1.82, 2.24) is 0 Å². The Morgan fingerprint density at radius 2 is 1.65 bits per heavy atom. The van der Waals surface area contributed by atoms with Crippen molar-refractivity contribution in [3.05, 3.63) is 95.3 Å². The number of carbonyl (C=O) groups is 1. The highest BCUT2D eigenvalue weighted by molar-refractivity contribution is 5.94. The number of hydrogen-bond donors (Lipinski definition) is 2. The molecule has 0 aliphatic carbocycles. The molecule has 0 aliphatic heterocycles. The van der Waals surface area contributed by atoms with Gasteiger partial charge in [0.25, 0.3) is 0 Å². The molecule has 0 aliphatic rings. The molecule has 0 atom stereocenters. The molecule has 3 aromatic carbocycles. The first-order valence-electron chi connectivity index (χ1n) is 8.53. The molecule has 0 aromatic heterocycles. The third-order valence-corrected chi connectivity index (χ3v) is 4.16. The summed E-state index contributed by atoms with van der Waals surface area (Å²) in [5.41, 5.74) is 4.57. The Morgan fingerprint density at radius 1 is 0.923 bits per heavy atom. The molecule has 132 valence electrons. The minimum Gasteiger partial charge on any atom is -0.376 e. The summed E-state index contributed by atoms with van der Waals surface area (Å²) in [6.45, 7) is 1.92. The fourth-order valence-corrected chi connectivity index (χ4v) is 2.81. The van der Waals surface area contributed by atoms with Gasteiger partial charge in [-0.05, 0) is 54.3 Å². The van der Waals surface area contributed by atoms with Gasteiger partial charge < -0.3 is 10.6 Å². The molecule has 26 heavy (non-hydrogen) atoms. The summed E-state index contributed by atoms with van der Waals surface area (Å²) >= 11 is 0. The molecule has 2 N–H and O–H groups in total. The lowest BCUT2D eigenvalue weighted by Crippen LogP contribution is -2.22. The lowest BCUT2D eigenvalue weighted by atomic mass is 10.0. The molecule has 0 spiro atoms. The van der Waals surface area contributed by atoms with E-state index in [0.29, 0.717) is 0 Å². The van der Waals surface area contributed by atoms with Crippen LogP contribution in [0.3, 0.4) is 0 Å². The van der Waals surface area contributed by atoms with Crippen molar-refractivity contribution < 1.29 is 9.18 Å². The molecule has 3 aromatic rings. The maximum absolute atomic E-state index is 13.2. The molecule has 3 nitrogen and oxygen atoms in total. The summed E-state index contributed by atoms with van der Waals surface area (Å²) in [4.78, 5) is 12.3. The van der Waals surface area contributed by atoms with E-state index in [0.717, 1.165) is 28.9 Å². The Kier molecular flexibility index (Phi) is 5.64. The highest BCUT2D eigenvalue weighted by Crippen LogP contribution is 2.19. The van der Waals surface area contributed by atoms with E-state index in [1.807, 2.05) is 42.5 Å². The number of nitrogens with one attached hydrogen (secondary N) is 2. The Hall–Kier alpha value is -3.14. The van der Waals surface area contributed by atoms with Crippen molar-refractivity contribution in [2.24, 2.45) is 0 Å². The van der Waals surface area contributed by atoms with Gasteiger partial charge in [-0.3, -0.25) is 4.79 Å². The van der Waals surface area contributed by atoms with E-state index in [4.69, 9.17) is 0 Å². The summed E-state index contributed by atoms with van der Waals surface area (Å²) in [6, 6.07) is 22.4. The minimum absolute atomic E-state index is 0.117. The van der Waals surface area contributed by atoms with Gasteiger partial charge in [0.1, 0.15) is 5.82 Å². The zero-order chi connectivity index (χ0) is 18.4. The zero-order valence-electron chi connectivity index (χ0n) is 14.6. The first-order valence-corrected chi connectivity index (χ1v) is 8.53. The number of carbonyl (C=O) groups excluding carboxylic acids is 1. The monoisotopic (exact) mass is 348 g/mol. The summed E-state index contributed by atoms with van der Waals surface area (Å²) in [6.07, 6.45) is 0.752. The number of halogens is 1. The Labute approximate surface area is 152 Å². The van der Waals surface area contributed by atoms with Gasteiger partial charge in [0, 0.05) is 11.4 Å². The molecule has 0 fully saturated rings. The fourth-order valence-electron chi connectivity index (χ4n) is 2.81. The summed E-state index contributed by atoms with van der Waals surface area (Å²) in [7, 11) is 0. The summed E-state index contributed by atoms with van der Waals surface area (Å²) in [5.74, 6) is -0.429. The number of hydrogen-bond acceptors (Lipinski definition) is 2. The molecule has 3 rings (SSSR count). The average molecular weight is 348 g/mol.